The molecule has 152 valence electrons. The zero-order valence-corrected chi connectivity index (χ0v) is 17.1. The second-order valence-electron chi connectivity index (χ2n) is 7.30. The minimum absolute atomic E-state index is 0.102. The van der Waals surface area contributed by atoms with Gasteiger partial charge in [-0.3, -0.25) is 18.7 Å². The minimum Gasteiger partial charge on any atom is -0.354 e. The van der Waals surface area contributed by atoms with E-state index in [1.54, 1.807) is 30.7 Å². The van der Waals surface area contributed by atoms with Crippen LogP contribution in [0.2, 0.25) is 0 Å². The minimum atomic E-state index is -0.447. The molecule has 9 nitrogen and oxygen atoms in total. The zero-order valence-electron chi connectivity index (χ0n) is 17.1. The van der Waals surface area contributed by atoms with Crippen molar-refractivity contribution in [3.05, 3.63) is 62.9 Å². The Balaban J connectivity index is 1.60. The van der Waals surface area contributed by atoms with Gasteiger partial charge in [0.2, 0.25) is 5.91 Å². The van der Waals surface area contributed by atoms with E-state index in [0.717, 1.165) is 15.6 Å². The smallest absolute Gasteiger partial charge is 0.331 e. The maximum Gasteiger partial charge on any atom is 0.331 e. The van der Waals surface area contributed by atoms with E-state index < -0.39 is 11.2 Å². The maximum atomic E-state index is 12.6. The fourth-order valence-corrected chi connectivity index (χ4v) is 3.43. The van der Waals surface area contributed by atoms with Gasteiger partial charge in [0.1, 0.15) is 19.9 Å². The molecule has 0 spiro atoms. The van der Waals surface area contributed by atoms with Crippen molar-refractivity contribution in [1.82, 2.24) is 18.9 Å². The molecule has 1 aromatic carbocycles. The Labute approximate surface area is 171 Å². The zero-order chi connectivity index (χ0) is 21.6. The van der Waals surface area contributed by atoms with Gasteiger partial charge in [-0.15, -0.1) is 0 Å². The van der Waals surface area contributed by atoms with Crippen molar-refractivity contribution in [1.29, 1.82) is 0 Å². The van der Waals surface area contributed by atoms with E-state index in [0.29, 0.717) is 22.5 Å². The van der Waals surface area contributed by atoms with Crippen LogP contribution < -0.4 is 22.0 Å². The van der Waals surface area contributed by atoms with E-state index in [9.17, 15) is 14.4 Å². The van der Waals surface area contributed by atoms with E-state index in [-0.39, 0.29) is 18.3 Å². The van der Waals surface area contributed by atoms with Crippen molar-refractivity contribution < 1.29 is 9.32 Å². The number of fused-ring (bicyclic) bond motifs is 1. The standard InChI is InChI=1S/C20H20BN5O4/c1-11-8-14-18(19(28)25(3)20(29)24(14)2)26(11)10-17(27)22-16-9-15(30-23-16)12-4-6-13(21)7-5-12/h4-9H,10,21H2,1-3H3,(H,22,23,27). The molecule has 0 unspecified atom stereocenters. The fraction of sp³-hybridized carbons (Fsp3) is 0.200. The summed E-state index contributed by atoms with van der Waals surface area (Å²) in [7, 11) is 5.00. The molecular weight excluding hydrogens is 385 g/mol. The predicted molar refractivity (Wildman–Crippen MR) is 116 cm³/mol. The summed E-state index contributed by atoms with van der Waals surface area (Å²) in [5.41, 5.74) is 2.59. The molecule has 1 N–H and O–H groups in total. The fourth-order valence-electron chi connectivity index (χ4n) is 3.43. The van der Waals surface area contributed by atoms with Crippen LogP contribution in [0.15, 0.2) is 50.5 Å². The Morgan fingerprint density at radius 1 is 1.13 bits per heavy atom. The van der Waals surface area contributed by atoms with Crippen molar-refractivity contribution in [2.45, 2.75) is 13.5 Å². The quantitative estimate of drug-likeness (QED) is 0.478. The second kappa shape index (κ2) is 7.22. The van der Waals surface area contributed by atoms with Gasteiger partial charge in [-0.2, -0.15) is 0 Å². The highest BCUT2D eigenvalue weighted by atomic mass is 16.5. The van der Waals surface area contributed by atoms with Gasteiger partial charge in [0.05, 0.1) is 5.52 Å². The number of amides is 1. The molecule has 1 amide bonds. The van der Waals surface area contributed by atoms with E-state index >= 15 is 0 Å². The van der Waals surface area contributed by atoms with Crippen molar-refractivity contribution >= 4 is 36.1 Å². The lowest BCUT2D eigenvalue weighted by Gasteiger charge is -2.09. The highest BCUT2D eigenvalue weighted by Gasteiger charge is 2.18. The number of hydrogen-bond donors (Lipinski definition) is 1. The van der Waals surface area contributed by atoms with Gasteiger partial charge >= 0.3 is 5.69 Å². The molecule has 0 saturated heterocycles. The molecule has 0 bridgehead atoms. The predicted octanol–water partition coefficient (Wildman–Crippen LogP) is -0.101. The Hall–Kier alpha value is -3.82. The lowest BCUT2D eigenvalue weighted by molar-refractivity contribution is -0.116. The highest BCUT2D eigenvalue weighted by molar-refractivity contribution is 6.32. The second-order valence-corrected chi connectivity index (χ2v) is 7.30. The van der Waals surface area contributed by atoms with Gasteiger partial charge in [-0.25, -0.2) is 4.79 Å². The average molecular weight is 405 g/mol. The lowest BCUT2D eigenvalue weighted by Crippen LogP contribution is -2.37. The van der Waals surface area contributed by atoms with Gasteiger partial charge in [0, 0.05) is 31.4 Å². The molecule has 0 aliphatic heterocycles. The topological polar surface area (TPSA) is 104 Å². The first kappa shape index (κ1) is 19.5. The van der Waals surface area contributed by atoms with Gasteiger partial charge < -0.3 is 14.4 Å². The molecule has 30 heavy (non-hydrogen) atoms. The van der Waals surface area contributed by atoms with E-state index in [4.69, 9.17) is 4.52 Å². The van der Waals surface area contributed by atoms with Gasteiger partial charge in [0.15, 0.2) is 11.6 Å². The lowest BCUT2D eigenvalue weighted by atomic mass is 9.95. The third-order valence-corrected chi connectivity index (χ3v) is 5.14. The molecule has 3 aromatic heterocycles. The number of nitrogens with one attached hydrogen (secondary N) is 1. The number of carbonyl (C=O) groups excluding carboxylic acids is 1. The molecule has 0 aliphatic carbocycles. The molecule has 4 aromatic rings. The molecule has 4 rings (SSSR count). The highest BCUT2D eigenvalue weighted by Crippen LogP contribution is 2.22. The van der Waals surface area contributed by atoms with Crippen LogP contribution in [0.1, 0.15) is 5.69 Å². The molecule has 0 aliphatic rings. The first-order chi connectivity index (χ1) is 14.3. The van der Waals surface area contributed by atoms with Crippen LogP contribution in [0.4, 0.5) is 5.82 Å². The number of anilines is 1. The average Bonchev–Trinajstić information content (AvgIpc) is 3.30. The van der Waals surface area contributed by atoms with Crippen LogP contribution >= 0.6 is 0 Å². The van der Waals surface area contributed by atoms with Crippen molar-refractivity contribution in [3.8, 4) is 11.3 Å². The van der Waals surface area contributed by atoms with Crippen LogP contribution in [-0.2, 0) is 25.4 Å². The number of benzene rings is 1. The molecule has 0 saturated carbocycles. The molecule has 10 heteroatoms. The molecule has 3 heterocycles. The van der Waals surface area contributed by atoms with E-state index in [1.165, 1.54) is 11.6 Å². The number of carbonyl (C=O) groups is 1. The largest absolute Gasteiger partial charge is 0.354 e. The number of nitrogens with zero attached hydrogens (tertiary/aromatic N) is 4. The number of aromatic nitrogens is 4. The summed E-state index contributed by atoms with van der Waals surface area (Å²) in [4.78, 5) is 37.4. The van der Waals surface area contributed by atoms with Gasteiger partial charge in [-0.1, -0.05) is 34.9 Å². The first-order valence-corrected chi connectivity index (χ1v) is 9.35. The van der Waals surface area contributed by atoms with Crippen LogP contribution in [0.25, 0.3) is 22.4 Å². The third-order valence-electron chi connectivity index (χ3n) is 5.14. The summed E-state index contributed by atoms with van der Waals surface area (Å²) in [6, 6.07) is 11.1. The van der Waals surface area contributed by atoms with Gasteiger partial charge in [-0.05, 0) is 13.0 Å². The van der Waals surface area contributed by atoms with Crippen molar-refractivity contribution in [2.24, 2.45) is 14.1 Å². The number of aryl methyl sites for hydroxylation is 2. The Kier molecular flexibility index (Phi) is 4.69. The normalized spacial score (nSPS) is 11.2. The van der Waals surface area contributed by atoms with E-state index in [2.05, 4.69) is 10.5 Å². The monoisotopic (exact) mass is 405 g/mol. The maximum absolute atomic E-state index is 12.6. The summed E-state index contributed by atoms with van der Waals surface area (Å²) in [6.07, 6.45) is 0. The summed E-state index contributed by atoms with van der Waals surface area (Å²) in [5, 5.41) is 6.59. The summed E-state index contributed by atoms with van der Waals surface area (Å²) in [5.74, 6) is 0.456. The van der Waals surface area contributed by atoms with Crippen LogP contribution in [0, 0.1) is 6.92 Å². The Morgan fingerprint density at radius 2 is 1.83 bits per heavy atom. The number of rotatable bonds is 4. The molecule has 0 fully saturated rings. The summed E-state index contributed by atoms with van der Waals surface area (Å²) in [6.45, 7) is 1.68. The first-order valence-electron chi connectivity index (χ1n) is 9.35. The van der Waals surface area contributed by atoms with Crippen LogP contribution in [0.5, 0.6) is 0 Å². The van der Waals surface area contributed by atoms with Gasteiger partial charge in [0.25, 0.3) is 5.56 Å². The van der Waals surface area contributed by atoms with Crippen molar-refractivity contribution in [3.63, 3.8) is 0 Å². The van der Waals surface area contributed by atoms with Crippen LogP contribution in [0.3, 0.4) is 0 Å². The summed E-state index contributed by atoms with van der Waals surface area (Å²) >= 11 is 0. The summed E-state index contributed by atoms with van der Waals surface area (Å²) < 4.78 is 9.33. The molecule has 0 radical (unpaired) electrons. The number of hydrogen-bond acceptors (Lipinski definition) is 5. The Morgan fingerprint density at radius 3 is 2.53 bits per heavy atom. The third kappa shape index (κ3) is 3.26. The van der Waals surface area contributed by atoms with Crippen molar-refractivity contribution in [2.75, 3.05) is 5.32 Å². The molecule has 0 atom stereocenters. The van der Waals surface area contributed by atoms with E-state index in [1.807, 2.05) is 32.1 Å². The SMILES string of the molecule is Bc1ccc(-c2cc(NC(=O)Cn3c(C)cc4c3c(=O)n(C)c(=O)n4C)no2)cc1. The molecular formula is C20H20BN5O4. The van der Waals surface area contributed by atoms with Crippen LogP contribution in [-0.4, -0.2) is 32.6 Å². The Bertz CT molecular complexity index is 1390.